The average Bonchev–Trinajstić information content (AvgIpc) is 3.31. The van der Waals surface area contributed by atoms with Gasteiger partial charge in [0, 0.05) is 24.8 Å². The molecule has 1 fully saturated rings. The first-order valence-corrected chi connectivity index (χ1v) is 11.7. The average molecular weight is 440 g/mol. The number of urea groups is 1. The Bertz CT molecular complexity index is 1120. The zero-order valence-electron chi connectivity index (χ0n) is 17.0. The number of hydrogen-bond acceptors (Lipinski definition) is 4. The van der Waals surface area contributed by atoms with Crippen molar-refractivity contribution in [1.82, 2.24) is 19.4 Å². The Labute approximate surface area is 181 Å². The van der Waals surface area contributed by atoms with E-state index in [4.69, 9.17) is 0 Å². The van der Waals surface area contributed by atoms with Crippen LogP contribution in [0.3, 0.4) is 0 Å². The Morgan fingerprint density at radius 1 is 1.03 bits per heavy atom. The van der Waals surface area contributed by atoms with Gasteiger partial charge in [-0.15, -0.1) is 0 Å². The number of carbonyl (C=O) groups is 1. The predicted molar refractivity (Wildman–Crippen MR) is 119 cm³/mol. The maximum absolute atomic E-state index is 13.3. The van der Waals surface area contributed by atoms with Crippen LogP contribution in [-0.2, 0) is 10.0 Å². The fraction of sp³-hybridized carbons (Fsp3) is 0.273. The second kappa shape index (κ2) is 9.32. The van der Waals surface area contributed by atoms with Crippen LogP contribution in [0.2, 0.25) is 0 Å². The second-order valence-electron chi connectivity index (χ2n) is 7.42. The molecule has 1 aliphatic heterocycles. The first-order valence-electron chi connectivity index (χ1n) is 10.3. The lowest BCUT2D eigenvalue weighted by Gasteiger charge is -2.34. The number of benzene rings is 2. The van der Waals surface area contributed by atoms with Gasteiger partial charge in [0.05, 0.1) is 18.1 Å². The lowest BCUT2D eigenvalue weighted by atomic mass is 10.1. The van der Waals surface area contributed by atoms with E-state index >= 15 is 0 Å². The molecule has 0 saturated carbocycles. The van der Waals surface area contributed by atoms with Gasteiger partial charge in [0.2, 0.25) is 10.0 Å². The standard InChI is InChI=1S/C22H25N5O3S/c28-22(25-18-9-3-1-4-10-18)23-15-20-13-7-8-14-27(20)31(29,30)21-16-24-26(17-21)19-11-5-2-6-12-19/h1-6,9-12,16-17,20H,7-8,13-15H2,(H2,23,25,28). The number of anilines is 1. The van der Waals surface area contributed by atoms with E-state index < -0.39 is 10.0 Å². The number of sulfonamides is 1. The third kappa shape index (κ3) is 4.95. The highest BCUT2D eigenvalue weighted by atomic mass is 32.2. The number of rotatable bonds is 6. The first-order chi connectivity index (χ1) is 15.0. The molecule has 9 heteroatoms. The molecule has 3 aromatic rings. The lowest BCUT2D eigenvalue weighted by molar-refractivity contribution is 0.231. The zero-order chi connectivity index (χ0) is 21.7. The van der Waals surface area contributed by atoms with E-state index in [9.17, 15) is 13.2 Å². The second-order valence-corrected chi connectivity index (χ2v) is 9.31. The van der Waals surface area contributed by atoms with Gasteiger partial charge in [0.1, 0.15) is 4.90 Å². The summed E-state index contributed by atoms with van der Waals surface area (Å²) in [6.45, 7) is 0.663. The Balaban J connectivity index is 1.45. The molecule has 2 N–H and O–H groups in total. The summed E-state index contributed by atoms with van der Waals surface area (Å²) in [5, 5.41) is 9.79. The SMILES string of the molecule is O=C(NCC1CCCCN1S(=O)(=O)c1cnn(-c2ccccc2)c1)Nc1ccccc1. The van der Waals surface area contributed by atoms with Crippen LogP contribution in [0.15, 0.2) is 78.0 Å². The molecule has 1 saturated heterocycles. The van der Waals surface area contributed by atoms with Crippen molar-refractivity contribution in [2.75, 3.05) is 18.4 Å². The van der Waals surface area contributed by atoms with Crippen molar-refractivity contribution < 1.29 is 13.2 Å². The Morgan fingerprint density at radius 3 is 2.48 bits per heavy atom. The molecule has 4 rings (SSSR count). The number of carbonyl (C=O) groups excluding carboxylic acids is 1. The molecule has 31 heavy (non-hydrogen) atoms. The number of para-hydroxylation sites is 2. The highest BCUT2D eigenvalue weighted by Crippen LogP contribution is 2.25. The van der Waals surface area contributed by atoms with Crippen molar-refractivity contribution in [2.24, 2.45) is 0 Å². The minimum atomic E-state index is -3.73. The van der Waals surface area contributed by atoms with E-state index in [2.05, 4.69) is 15.7 Å². The summed E-state index contributed by atoms with van der Waals surface area (Å²) in [5.41, 5.74) is 1.47. The number of nitrogens with zero attached hydrogens (tertiary/aromatic N) is 3. The van der Waals surface area contributed by atoms with Crippen LogP contribution in [0.25, 0.3) is 5.69 Å². The third-order valence-electron chi connectivity index (χ3n) is 5.29. The smallest absolute Gasteiger partial charge is 0.319 e. The molecule has 8 nitrogen and oxygen atoms in total. The number of amides is 2. The summed E-state index contributed by atoms with van der Waals surface area (Å²) in [4.78, 5) is 12.4. The largest absolute Gasteiger partial charge is 0.336 e. The van der Waals surface area contributed by atoms with E-state index in [1.165, 1.54) is 16.7 Å². The number of aromatic nitrogens is 2. The van der Waals surface area contributed by atoms with Crippen molar-refractivity contribution in [1.29, 1.82) is 0 Å². The highest BCUT2D eigenvalue weighted by molar-refractivity contribution is 7.89. The highest BCUT2D eigenvalue weighted by Gasteiger charge is 2.34. The summed E-state index contributed by atoms with van der Waals surface area (Å²) in [7, 11) is -3.73. The topological polar surface area (TPSA) is 96.3 Å². The molecule has 2 aromatic carbocycles. The lowest BCUT2D eigenvalue weighted by Crippen LogP contribution is -2.49. The van der Waals surface area contributed by atoms with Crippen molar-refractivity contribution in [2.45, 2.75) is 30.2 Å². The Hall–Kier alpha value is -3.17. The maximum Gasteiger partial charge on any atom is 0.319 e. The van der Waals surface area contributed by atoms with Gasteiger partial charge >= 0.3 is 6.03 Å². The molecule has 0 aliphatic carbocycles. The molecule has 1 aromatic heterocycles. The van der Waals surface area contributed by atoms with Crippen LogP contribution in [0, 0.1) is 0 Å². The van der Waals surface area contributed by atoms with E-state index in [1.807, 2.05) is 48.5 Å². The monoisotopic (exact) mass is 439 g/mol. The van der Waals surface area contributed by atoms with Crippen LogP contribution >= 0.6 is 0 Å². The normalized spacial score (nSPS) is 17.2. The number of piperidine rings is 1. The van der Waals surface area contributed by atoms with Crippen molar-refractivity contribution in [3.63, 3.8) is 0 Å². The molecule has 1 atom stereocenters. The Kier molecular flexibility index (Phi) is 6.34. The Morgan fingerprint density at radius 2 is 1.74 bits per heavy atom. The van der Waals surface area contributed by atoms with Gasteiger partial charge in [-0.2, -0.15) is 9.40 Å². The van der Waals surface area contributed by atoms with Crippen LogP contribution in [0.4, 0.5) is 10.5 Å². The maximum atomic E-state index is 13.3. The molecule has 0 radical (unpaired) electrons. The van der Waals surface area contributed by atoms with Gasteiger partial charge in [0.15, 0.2) is 0 Å². The molecule has 0 bridgehead atoms. The van der Waals surface area contributed by atoms with E-state index in [0.29, 0.717) is 18.7 Å². The third-order valence-corrected chi connectivity index (χ3v) is 7.19. The molecule has 0 spiro atoms. The van der Waals surface area contributed by atoms with E-state index in [-0.39, 0.29) is 23.5 Å². The molecule has 1 unspecified atom stereocenters. The van der Waals surface area contributed by atoms with Crippen LogP contribution < -0.4 is 10.6 Å². The number of hydrogen-bond donors (Lipinski definition) is 2. The van der Waals surface area contributed by atoms with Gasteiger partial charge in [-0.3, -0.25) is 0 Å². The van der Waals surface area contributed by atoms with Crippen molar-refractivity contribution in [3.05, 3.63) is 73.1 Å². The van der Waals surface area contributed by atoms with Crippen molar-refractivity contribution >= 4 is 21.7 Å². The predicted octanol–water partition coefficient (Wildman–Crippen LogP) is 3.24. The summed E-state index contributed by atoms with van der Waals surface area (Å²) in [5.74, 6) is 0. The van der Waals surface area contributed by atoms with Gasteiger partial charge in [0.25, 0.3) is 0 Å². The van der Waals surface area contributed by atoms with Gasteiger partial charge < -0.3 is 10.6 Å². The molecular weight excluding hydrogens is 414 g/mol. The van der Waals surface area contributed by atoms with Crippen LogP contribution in [-0.4, -0.2) is 47.7 Å². The minimum absolute atomic E-state index is 0.150. The summed E-state index contributed by atoms with van der Waals surface area (Å²) in [6.07, 6.45) is 5.31. The first kappa shape index (κ1) is 21.1. The molecule has 162 valence electrons. The zero-order valence-corrected chi connectivity index (χ0v) is 17.8. The molecule has 2 amide bonds. The van der Waals surface area contributed by atoms with Gasteiger partial charge in [-0.1, -0.05) is 42.8 Å². The fourth-order valence-electron chi connectivity index (χ4n) is 3.70. The van der Waals surface area contributed by atoms with Crippen LogP contribution in [0.5, 0.6) is 0 Å². The van der Waals surface area contributed by atoms with Crippen molar-refractivity contribution in [3.8, 4) is 5.69 Å². The molecule has 1 aliphatic rings. The number of nitrogens with one attached hydrogen (secondary N) is 2. The minimum Gasteiger partial charge on any atom is -0.336 e. The van der Waals surface area contributed by atoms with E-state index in [1.54, 1.807) is 16.8 Å². The summed E-state index contributed by atoms with van der Waals surface area (Å²) in [6, 6.07) is 17.8. The quantitative estimate of drug-likeness (QED) is 0.616. The van der Waals surface area contributed by atoms with E-state index in [0.717, 1.165) is 18.5 Å². The fourth-order valence-corrected chi connectivity index (χ4v) is 5.32. The summed E-state index contributed by atoms with van der Waals surface area (Å²) >= 11 is 0. The van der Waals surface area contributed by atoms with Gasteiger partial charge in [-0.05, 0) is 37.1 Å². The molecular formula is C22H25N5O3S. The van der Waals surface area contributed by atoms with Gasteiger partial charge in [-0.25, -0.2) is 17.9 Å². The van der Waals surface area contributed by atoms with Crippen LogP contribution in [0.1, 0.15) is 19.3 Å². The molecule has 2 heterocycles. The summed E-state index contributed by atoms with van der Waals surface area (Å²) < 4.78 is 29.7.